The Hall–Kier alpha value is -2.53. The Kier molecular flexibility index (Phi) is 4.09. The third-order valence-corrected chi connectivity index (χ3v) is 4.81. The molecule has 2 aromatic heterocycles. The van der Waals surface area contributed by atoms with E-state index >= 15 is 0 Å². The summed E-state index contributed by atoms with van der Waals surface area (Å²) in [4.78, 5) is 18.1. The normalized spacial score (nSPS) is 17.1. The highest BCUT2D eigenvalue weighted by Gasteiger charge is 2.22. The summed E-state index contributed by atoms with van der Waals surface area (Å²) in [5.41, 5.74) is 3.22. The Bertz CT molecular complexity index is 812. The maximum absolute atomic E-state index is 4.46. The first kappa shape index (κ1) is 15.0. The van der Waals surface area contributed by atoms with Gasteiger partial charge in [-0.2, -0.15) is 0 Å². The van der Waals surface area contributed by atoms with Crippen LogP contribution in [0.2, 0.25) is 0 Å². The third kappa shape index (κ3) is 2.95. The van der Waals surface area contributed by atoms with Crippen molar-refractivity contribution in [3.05, 3.63) is 60.6 Å². The van der Waals surface area contributed by atoms with E-state index in [2.05, 4.69) is 55.9 Å². The molecule has 1 fully saturated rings. The van der Waals surface area contributed by atoms with Crippen LogP contribution in [0, 0.1) is 0 Å². The van der Waals surface area contributed by atoms with Gasteiger partial charge in [0, 0.05) is 50.8 Å². The van der Waals surface area contributed by atoms with Crippen molar-refractivity contribution in [3.8, 4) is 0 Å². The maximum Gasteiger partial charge on any atom is 0.128 e. The summed E-state index contributed by atoms with van der Waals surface area (Å²) in [7, 11) is 0. The number of pyridine rings is 1. The predicted octanol–water partition coefficient (Wildman–Crippen LogP) is 2.91. The molecule has 0 spiro atoms. The zero-order valence-corrected chi connectivity index (χ0v) is 13.8. The Labute approximate surface area is 142 Å². The molecule has 1 aliphatic rings. The molecule has 0 saturated carbocycles. The van der Waals surface area contributed by atoms with Crippen LogP contribution in [-0.4, -0.2) is 46.0 Å². The number of rotatable bonds is 3. The van der Waals surface area contributed by atoms with Crippen LogP contribution < -0.4 is 4.90 Å². The van der Waals surface area contributed by atoms with Gasteiger partial charge in [-0.15, -0.1) is 0 Å². The van der Waals surface area contributed by atoms with Crippen LogP contribution in [0.3, 0.4) is 0 Å². The van der Waals surface area contributed by atoms with Crippen LogP contribution in [0.5, 0.6) is 0 Å². The maximum atomic E-state index is 4.46. The van der Waals surface area contributed by atoms with E-state index in [1.54, 1.807) is 12.4 Å². The summed E-state index contributed by atoms with van der Waals surface area (Å²) in [6, 6.07) is 12.9. The lowest BCUT2D eigenvalue weighted by atomic mass is 10.0. The standard InChI is InChI=1S/C19H21N5/c1-15(16-5-6-17-18(14-16)21-9-8-20-17)23-10-12-24(13-11-23)19-4-2-3-7-22-19/h2-9,14-15H,10-13H2,1H3. The molecule has 1 atom stereocenters. The molecule has 0 bridgehead atoms. The van der Waals surface area contributed by atoms with Crippen molar-refractivity contribution in [2.75, 3.05) is 31.1 Å². The van der Waals surface area contributed by atoms with E-state index in [0.717, 1.165) is 43.0 Å². The average Bonchev–Trinajstić information content (AvgIpc) is 2.68. The molecular formula is C19H21N5. The monoisotopic (exact) mass is 319 g/mol. The van der Waals surface area contributed by atoms with Crippen LogP contribution in [-0.2, 0) is 0 Å². The van der Waals surface area contributed by atoms with Crippen molar-refractivity contribution >= 4 is 16.9 Å². The van der Waals surface area contributed by atoms with E-state index in [9.17, 15) is 0 Å². The summed E-state index contributed by atoms with van der Waals surface area (Å²) in [5.74, 6) is 1.07. The zero-order valence-electron chi connectivity index (χ0n) is 13.8. The Morgan fingerprint density at radius 1 is 0.833 bits per heavy atom. The van der Waals surface area contributed by atoms with E-state index in [0.29, 0.717) is 6.04 Å². The fourth-order valence-electron chi connectivity index (χ4n) is 3.33. The molecule has 3 heterocycles. The molecule has 1 saturated heterocycles. The van der Waals surface area contributed by atoms with Crippen LogP contribution in [0.25, 0.3) is 11.0 Å². The van der Waals surface area contributed by atoms with Crippen molar-refractivity contribution in [2.45, 2.75) is 13.0 Å². The van der Waals surface area contributed by atoms with E-state index in [-0.39, 0.29) is 0 Å². The van der Waals surface area contributed by atoms with E-state index in [1.807, 2.05) is 18.3 Å². The number of anilines is 1. The molecule has 3 aromatic rings. The molecule has 4 rings (SSSR count). The van der Waals surface area contributed by atoms with Gasteiger partial charge in [0.05, 0.1) is 11.0 Å². The van der Waals surface area contributed by atoms with E-state index in [1.165, 1.54) is 5.56 Å². The van der Waals surface area contributed by atoms with Crippen molar-refractivity contribution in [3.63, 3.8) is 0 Å². The molecular weight excluding hydrogens is 298 g/mol. The molecule has 5 nitrogen and oxygen atoms in total. The summed E-state index contributed by atoms with van der Waals surface area (Å²) in [5, 5.41) is 0. The van der Waals surface area contributed by atoms with E-state index < -0.39 is 0 Å². The van der Waals surface area contributed by atoms with Gasteiger partial charge in [-0.3, -0.25) is 14.9 Å². The molecule has 5 heteroatoms. The number of nitrogens with zero attached hydrogens (tertiary/aromatic N) is 5. The quantitative estimate of drug-likeness (QED) is 0.743. The molecule has 1 aliphatic heterocycles. The fraction of sp³-hybridized carbons (Fsp3) is 0.316. The first-order valence-electron chi connectivity index (χ1n) is 8.42. The average molecular weight is 319 g/mol. The summed E-state index contributed by atoms with van der Waals surface area (Å²) < 4.78 is 0. The van der Waals surface area contributed by atoms with Gasteiger partial charge in [0.2, 0.25) is 0 Å². The highest BCUT2D eigenvalue weighted by Crippen LogP contribution is 2.24. The Morgan fingerprint density at radius 2 is 1.62 bits per heavy atom. The van der Waals surface area contributed by atoms with Crippen molar-refractivity contribution in [1.82, 2.24) is 19.9 Å². The number of hydrogen-bond acceptors (Lipinski definition) is 5. The minimum Gasteiger partial charge on any atom is -0.354 e. The Morgan fingerprint density at radius 3 is 2.38 bits per heavy atom. The van der Waals surface area contributed by atoms with Crippen molar-refractivity contribution in [2.24, 2.45) is 0 Å². The highest BCUT2D eigenvalue weighted by molar-refractivity contribution is 5.74. The smallest absolute Gasteiger partial charge is 0.128 e. The second-order valence-corrected chi connectivity index (χ2v) is 6.19. The van der Waals surface area contributed by atoms with Gasteiger partial charge in [0.25, 0.3) is 0 Å². The molecule has 122 valence electrons. The van der Waals surface area contributed by atoms with Gasteiger partial charge >= 0.3 is 0 Å². The predicted molar refractivity (Wildman–Crippen MR) is 96.0 cm³/mol. The second kappa shape index (κ2) is 6.53. The molecule has 0 N–H and O–H groups in total. The lowest BCUT2D eigenvalue weighted by Crippen LogP contribution is -2.47. The molecule has 24 heavy (non-hydrogen) atoms. The second-order valence-electron chi connectivity index (χ2n) is 6.19. The first-order chi connectivity index (χ1) is 11.8. The summed E-state index contributed by atoms with van der Waals surface area (Å²) >= 11 is 0. The topological polar surface area (TPSA) is 45.2 Å². The first-order valence-corrected chi connectivity index (χ1v) is 8.42. The molecule has 0 amide bonds. The number of benzene rings is 1. The lowest BCUT2D eigenvalue weighted by Gasteiger charge is -2.38. The van der Waals surface area contributed by atoms with Crippen molar-refractivity contribution in [1.29, 1.82) is 0 Å². The van der Waals surface area contributed by atoms with Gasteiger partial charge < -0.3 is 4.90 Å². The minimum atomic E-state index is 0.377. The number of aromatic nitrogens is 3. The third-order valence-electron chi connectivity index (χ3n) is 4.81. The van der Waals surface area contributed by atoms with Crippen LogP contribution >= 0.6 is 0 Å². The van der Waals surface area contributed by atoms with Gasteiger partial charge in [-0.25, -0.2) is 4.98 Å². The highest BCUT2D eigenvalue weighted by atomic mass is 15.3. The Balaban J connectivity index is 1.46. The minimum absolute atomic E-state index is 0.377. The number of piperazine rings is 1. The zero-order chi connectivity index (χ0) is 16.4. The van der Waals surface area contributed by atoms with Gasteiger partial charge in [-0.05, 0) is 36.8 Å². The summed E-state index contributed by atoms with van der Waals surface area (Å²) in [6.45, 7) is 6.37. The SMILES string of the molecule is CC(c1ccc2nccnc2c1)N1CCN(c2ccccn2)CC1. The van der Waals surface area contributed by atoms with Crippen molar-refractivity contribution < 1.29 is 0 Å². The van der Waals surface area contributed by atoms with Gasteiger partial charge in [-0.1, -0.05) is 12.1 Å². The van der Waals surface area contributed by atoms with E-state index in [4.69, 9.17) is 0 Å². The number of fused-ring (bicyclic) bond motifs is 1. The summed E-state index contributed by atoms with van der Waals surface area (Å²) in [6.07, 6.45) is 5.35. The molecule has 0 aliphatic carbocycles. The van der Waals surface area contributed by atoms with Gasteiger partial charge in [0.1, 0.15) is 5.82 Å². The van der Waals surface area contributed by atoms with Crippen LogP contribution in [0.15, 0.2) is 55.0 Å². The fourth-order valence-corrected chi connectivity index (χ4v) is 3.33. The van der Waals surface area contributed by atoms with Gasteiger partial charge in [0.15, 0.2) is 0 Å². The molecule has 0 radical (unpaired) electrons. The lowest BCUT2D eigenvalue weighted by molar-refractivity contribution is 0.198. The molecule has 1 unspecified atom stereocenters. The van der Waals surface area contributed by atoms with Crippen LogP contribution in [0.1, 0.15) is 18.5 Å². The largest absolute Gasteiger partial charge is 0.354 e. The number of hydrogen-bond donors (Lipinski definition) is 0. The van der Waals surface area contributed by atoms with Crippen LogP contribution in [0.4, 0.5) is 5.82 Å². The molecule has 1 aromatic carbocycles.